The van der Waals surface area contributed by atoms with Crippen LogP contribution in [0.25, 0.3) is 21.7 Å². The maximum absolute atomic E-state index is 13.4. The molecule has 1 N–H and O–H groups in total. The van der Waals surface area contributed by atoms with E-state index in [1.807, 2.05) is 0 Å². The highest BCUT2D eigenvalue weighted by Gasteiger charge is 2.36. The molecule has 2 bridgehead atoms. The monoisotopic (exact) mass is 394 g/mol. The summed E-state index contributed by atoms with van der Waals surface area (Å²) in [6.07, 6.45) is -0.700. The molecule has 2 unspecified atom stereocenters. The summed E-state index contributed by atoms with van der Waals surface area (Å²) >= 11 is 1.28. The van der Waals surface area contributed by atoms with Gasteiger partial charge in [-0.25, -0.2) is 4.98 Å². The van der Waals surface area contributed by atoms with Gasteiger partial charge in [-0.05, 0) is 37.4 Å². The second-order valence-electron chi connectivity index (χ2n) is 7.11. The number of fused-ring (bicyclic) bond motifs is 5. The number of halogens is 3. The fourth-order valence-electron chi connectivity index (χ4n) is 3.99. The topological polar surface area (TPSA) is 54.2 Å². The Morgan fingerprint density at radius 3 is 2.89 bits per heavy atom. The van der Waals surface area contributed by atoms with Crippen LogP contribution in [0, 0.1) is 5.92 Å². The molecule has 5 heterocycles. The highest BCUT2D eigenvalue weighted by molar-refractivity contribution is 7.13. The number of nitrogens with zero attached hydrogens (tertiary/aromatic N) is 3. The second kappa shape index (κ2) is 6.20. The normalized spacial score (nSPS) is 23.1. The molecule has 2 atom stereocenters. The Hall–Kier alpha value is -2.13. The first-order valence-electron chi connectivity index (χ1n) is 8.88. The minimum atomic E-state index is -4.45. The van der Waals surface area contributed by atoms with Crippen LogP contribution in [0.3, 0.4) is 0 Å². The molecule has 6 rings (SSSR count). The first-order chi connectivity index (χ1) is 13.0. The SMILES string of the molecule is FC(F)(F)c1cc(-c2nccs2)c2oc(N3CC4CCC3CNC4)nc2c1. The van der Waals surface area contributed by atoms with Crippen LogP contribution in [0.2, 0.25) is 0 Å². The highest BCUT2D eigenvalue weighted by Crippen LogP contribution is 2.40. The number of piperidine rings is 1. The van der Waals surface area contributed by atoms with Gasteiger partial charge < -0.3 is 14.6 Å². The average molecular weight is 394 g/mol. The van der Waals surface area contributed by atoms with E-state index in [4.69, 9.17) is 4.42 Å². The molecule has 2 aromatic heterocycles. The molecule has 27 heavy (non-hydrogen) atoms. The van der Waals surface area contributed by atoms with Gasteiger partial charge in [0.25, 0.3) is 6.01 Å². The van der Waals surface area contributed by atoms with Gasteiger partial charge in [-0.1, -0.05) is 0 Å². The maximum atomic E-state index is 13.4. The summed E-state index contributed by atoms with van der Waals surface area (Å²) < 4.78 is 46.2. The Labute approximate surface area is 157 Å². The molecule has 3 fully saturated rings. The van der Waals surface area contributed by atoms with Crippen molar-refractivity contribution in [2.75, 3.05) is 24.5 Å². The van der Waals surface area contributed by atoms with Crippen molar-refractivity contribution < 1.29 is 17.6 Å². The number of thiazole rings is 1. The Balaban J connectivity index is 1.65. The molecule has 3 aliphatic heterocycles. The van der Waals surface area contributed by atoms with Crippen LogP contribution in [0.5, 0.6) is 0 Å². The number of rotatable bonds is 2. The van der Waals surface area contributed by atoms with E-state index in [0.717, 1.165) is 44.6 Å². The Kier molecular flexibility index (Phi) is 3.90. The van der Waals surface area contributed by atoms with E-state index in [1.165, 1.54) is 11.3 Å². The van der Waals surface area contributed by atoms with Gasteiger partial charge in [0, 0.05) is 30.7 Å². The molecule has 0 spiro atoms. The van der Waals surface area contributed by atoms with Gasteiger partial charge >= 0.3 is 6.18 Å². The number of nitrogens with one attached hydrogen (secondary N) is 1. The van der Waals surface area contributed by atoms with E-state index in [-0.39, 0.29) is 11.6 Å². The van der Waals surface area contributed by atoms with Crippen LogP contribution >= 0.6 is 11.3 Å². The molecule has 5 nitrogen and oxygen atoms in total. The van der Waals surface area contributed by atoms with E-state index < -0.39 is 11.7 Å². The highest BCUT2D eigenvalue weighted by atomic mass is 32.1. The summed E-state index contributed by atoms with van der Waals surface area (Å²) in [7, 11) is 0. The van der Waals surface area contributed by atoms with Crippen LogP contribution in [-0.2, 0) is 6.18 Å². The molecule has 142 valence electrons. The van der Waals surface area contributed by atoms with Crippen LogP contribution in [0.15, 0.2) is 28.1 Å². The number of oxazole rings is 1. The summed E-state index contributed by atoms with van der Waals surface area (Å²) in [5.74, 6) is 0.503. The summed E-state index contributed by atoms with van der Waals surface area (Å²) in [5, 5.41) is 5.66. The smallest absolute Gasteiger partial charge is 0.416 e. The fourth-order valence-corrected chi connectivity index (χ4v) is 4.64. The van der Waals surface area contributed by atoms with Crippen molar-refractivity contribution in [2.24, 2.45) is 5.92 Å². The minimum Gasteiger partial charge on any atom is -0.423 e. The Morgan fingerprint density at radius 1 is 1.22 bits per heavy atom. The van der Waals surface area contributed by atoms with Gasteiger partial charge in [0.1, 0.15) is 10.5 Å². The molecule has 1 aromatic carbocycles. The first-order valence-corrected chi connectivity index (χ1v) is 9.76. The van der Waals surface area contributed by atoms with Gasteiger partial charge in [0.05, 0.1) is 11.1 Å². The third kappa shape index (κ3) is 2.98. The van der Waals surface area contributed by atoms with Crippen molar-refractivity contribution in [3.8, 4) is 10.6 Å². The van der Waals surface area contributed by atoms with Crippen molar-refractivity contribution in [3.05, 3.63) is 29.3 Å². The van der Waals surface area contributed by atoms with Crippen molar-refractivity contribution in [1.29, 1.82) is 0 Å². The van der Waals surface area contributed by atoms with E-state index in [9.17, 15) is 13.2 Å². The van der Waals surface area contributed by atoms with E-state index in [1.54, 1.807) is 11.6 Å². The van der Waals surface area contributed by atoms with Gasteiger partial charge in [-0.3, -0.25) is 0 Å². The van der Waals surface area contributed by atoms with Gasteiger partial charge in [-0.15, -0.1) is 11.3 Å². The van der Waals surface area contributed by atoms with E-state index in [0.29, 0.717) is 28.1 Å². The van der Waals surface area contributed by atoms with Gasteiger partial charge in [-0.2, -0.15) is 18.2 Å². The molecule has 3 aliphatic rings. The van der Waals surface area contributed by atoms with Crippen LogP contribution in [0.4, 0.5) is 19.2 Å². The average Bonchev–Trinajstić information content (AvgIpc) is 3.21. The zero-order chi connectivity index (χ0) is 18.6. The summed E-state index contributed by atoms with van der Waals surface area (Å²) in [5.41, 5.74) is 0.185. The zero-order valence-corrected chi connectivity index (χ0v) is 15.1. The number of hydrogen-bond donors (Lipinski definition) is 1. The lowest BCUT2D eigenvalue weighted by Crippen LogP contribution is -2.43. The second-order valence-corrected chi connectivity index (χ2v) is 8.01. The number of benzene rings is 1. The lowest BCUT2D eigenvalue weighted by molar-refractivity contribution is -0.137. The number of anilines is 1. The third-order valence-electron chi connectivity index (χ3n) is 5.33. The van der Waals surface area contributed by atoms with Gasteiger partial charge in [0.2, 0.25) is 0 Å². The maximum Gasteiger partial charge on any atom is 0.416 e. The first kappa shape index (κ1) is 17.0. The molecule has 9 heteroatoms. The summed E-state index contributed by atoms with van der Waals surface area (Å²) in [6.45, 7) is 2.60. The lowest BCUT2D eigenvalue weighted by atomic mass is 9.95. The van der Waals surface area contributed by atoms with Gasteiger partial charge in [0.15, 0.2) is 5.58 Å². The fraction of sp³-hybridized carbons (Fsp3) is 0.444. The predicted molar refractivity (Wildman–Crippen MR) is 96.8 cm³/mol. The molecule has 0 saturated carbocycles. The van der Waals surface area contributed by atoms with Crippen molar-refractivity contribution in [1.82, 2.24) is 15.3 Å². The van der Waals surface area contributed by atoms with E-state index >= 15 is 0 Å². The Bertz CT molecular complexity index is 965. The molecular weight excluding hydrogens is 377 g/mol. The van der Waals surface area contributed by atoms with E-state index in [2.05, 4.69) is 20.2 Å². The molecular formula is C18H17F3N4OS. The zero-order valence-electron chi connectivity index (χ0n) is 14.3. The molecule has 3 saturated heterocycles. The Morgan fingerprint density at radius 2 is 2.11 bits per heavy atom. The van der Waals surface area contributed by atoms with Crippen LogP contribution in [-0.4, -0.2) is 35.6 Å². The standard InChI is InChI=1S/C18H17F3N4OS/c19-18(20,21)11-5-13(16-23-3-4-27-16)15-14(6-11)24-17(26-15)25-9-10-1-2-12(25)8-22-7-10/h3-6,10,12,22H,1-2,7-9H2. The minimum absolute atomic E-state index is 0.220. The van der Waals surface area contributed by atoms with Crippen molar-refractivity contribution >= 4 is 28.5 Å². The lowest BCUT2D eigenvalue weighted by Gasteiger charge is -2.34. The molecule has 0 aliphatic carbocycles. The predicted octanol–water partition coefficient (Wildman–Crippen LogP) is 4.16. The third-order valence-corrected chi connectivity index (χ3v) is 6.14. The van der Waals surface area contributed by atoms with Crippen LogP contribution in [0.1, 0.15) is 18.4 Å². The summed E-state index contributed by atoms with van der Waals surface area (Å²) in [6, 6.07) is 2.82. The van der Waals surface area contributed by atoms with Crippen molar-refractivity contribution in [3.63, 3.8) is 0 Å². The number of hydrogen-bond acceptors (Lipinski definition) is 6. The summed E-state index contributed by atoms with van der Waals surface area (Å²) in [4.78, 5) is 10.7. The van der Waals surface area contributed by atoms with Crippen molar-refractivity contribution in [2.45, 2.75) is 25.1 Å². The molecule has 3 aromatic rings. The number of aromatic nitrogens is 2. The van der Waals surface area contributed by atoms with Crippen LogP contribution < -0.4 is 10.2 Å². The largest absolute Gasteiger partial charge is 0.423 e. The number of alkyl halides is 3. The molecule has 0 radical (unpaired) electrons. The molecule has 0 amide bonds. The quantitative estimate of drug-likeness (QED) is 0.707.